The lowest BCUT2D eigenvalue weighted by Crippen LogP contribution is -2.07. The predicted octanol–water partition coefficient (Wildman–Crippen LogP) is 5.11. The van der Waals surface area contributed by atoms with Crippen molar-refractivity contribution >= 4 is 21.7 Å². The average molecular weight is 400 g/mol. The van der Waals surface area contributed by atoms with Crippen LogP contribution in [0.5, 0.6) is 0 Å². The topological polar surface area (TPSA) is 29.9 Å². The van der Waals surface area contributed by atoms with Crippen molar-refractivity contribution in [3.63, 3.8) is 0 Å². The van der Waals surface area contributed by atoms with Gasteiger partial charge in [-0.15, -0.1) is 0 Å². The van der Waals surface area contributed by atoms with Crippen molar-refractivity contribution in [1.82, 2.24) is 9.78 Å². The van der Waals surface area contributed by atoms with Gasteiger partial charge in [-0.05, 0) is 65.0 Å². The molecular formula is C20H19BrFN3. The molecule has 1 aromatic heterocycles. The molecule has 2 heterocycles. The molecule has 3 nitrogen and oxygen atoms in total. The smallest absolute Gasteiger partial charge is 0.133 e. The lowest BCUT2D eigenvalue weighted by atomic mass is 10.0. The molecule has 5 heteroatoms. The van der Waals surface area contributed by atoms with Crippen LogP contribution in [-0.2, 0) is 12.8 Å². The standard InChI is InChI=1S/C20H19BrFN3/c21-17-6-1-2-7-19(17)25-20-16(5-3-4-12-23-20)18(24-25)13-14-8-10-15(22)11-9-14/h1-2,6-11,23H,3-5,12-13H2. The number of hydrogen-bond donors (Lipinski definition) is 1. The number of nitrogens with one attached hydrogen (secondary N) is 1. The molecule has 1 aliphatic rings. The van der Waals surface area contributed by atoms with E-state index in [0.29, 0.717) is 6.42 Å². The zero-order valence-corrected chi connectivity index (χ0v) is 15.4. The van der Waals surface area contributed by atoms with E-state index in [0.717, 1.165) is 53.0 Å². The van der Waals surface area contributed by atoms with Crippen molar-refractivity contribution in [3.8, 4) is 5.69 Å². The molecule has 25 heavy (non-hydrogen) atoms. The Morgan fingerprint density at radius 3 is 2.68 bits per heavy atom. The molecule has 0 radical (unpaired) electrons. The fraction of sp³-hybridized carbons (Fsp3) is 0.250. The summed E-state index contributed by atoms with van der Waals surface area (Å²) >= 11 is 3.63. The number of rotatable bonds is 3. The lowest BCUT2D eigenvalue weighted by Gasteiger charge is -2.10. The van der Waals surface area contributed by atoms with E-state index in [4.69, 9.17) is 5.10 Å². The van der Waals surface area contributed by atoms with E-state index in [1.165, 1.54) is 17.7 Å². The third kappa shape index (κ3) is 3.33. The van der Waals surface area contributed by atoms with E-state index in [1.54, 1.807) is 0 Å². The zero-order chi connectivity index (χ0) is 17.2. The molecule has 128 valence electrons. The Hall–Kier alpha value is -2.14. The maximum Gasteiger partial charge on any atom is 0.133 e. The van der Waals surface area contributed by atoms with Crippen molar-refractivity contribution in [2.45, 2.75) is 25.7 Å². The van der Waals surface area contributed by atoms with Crippen LogP contribution >= 0.6 is 15.9 Å². The van der Waals surface area contributed by atoms with E-state index >= 15 is 0 Å². The molecule has 0 fully saturated rings. The van der Waals surface area contributed by atoms with Gasteiger partial charge in [-0.1, -0.05) is 24.3 Å². The summed E-state index contributed by atoms with van der Waals surface area (Å²) in [5.74, 6) is 0.879. The minimum atomic E-state index is -0.206. The summed E-state index contributed by atoms with van der Waals surface area (Å²) in [5, 5.41) is 8.47. The predicted molar refractivity (Wildman–Crippen MR) is 102 cm³/mol. The molecule has 1 N–H and O–H groups in total. The monoisotopic (exact) mass is 399 g/mol. The molecular weight excluding hydrogens is 381 g/mol. The van der Waals surface area contributed by atoms with E-state index in [2.05, 4.69) is 27.3 Å². The van der Waals surface area contributed by atoms with Crippen molar-refractivity contribution in [2.24, 2.45) is 0 Å². The Labute approximate surface area is 155 Å². The maximum atomic E-state index is 13.2. The fourth-order valence-electron chi connectivity index (χ4n) is 3.31. The Bertz CT molecular complexity index is 886. The van der Waals surface area contributed by atoms with Crippen LogP contribution in [0.3, 0.4) is 0 Å². The highest BCUT2D eigenvalue weighted by Crippen LogP contribution is 2.31. The van der Waals surface area contributed by atoms with Gasteiger partial charge in [-0.2, -0.15) is 5.10 Å². The quantitative estimate of drug-likeness (QED) is 0.662. The molecule has 0 saturated carbocycles. The molecule has 0 aliphatic carbocycles. The Kier molecular flexibility index (Phi) is 4.57. The van der Waals surface area contributed by atoms with Crippen molar-refractivity contribution in [3.05, 3.63) is 75.6 Å². The van der Waals surface area contributed by atoms with E-state index < -0.39 is 0 Å². The first-order chi connectivity index (χ1) is 12.2. The number of hydrogen-bond acceptors (Lipinski definition) is 2. The second-order valence-corrected chi connectivity index (χ2v) is 7.18. The van der Waals surface area contributed by atoms with Crippen LogP contribution in [0.1, 0.15) is 29.7 Å². The highest BCUT2D eigenvalue weighted by molar-refractivity contribution is 9.10. The second-order valence-electron chi connectivity index (χ2n) is 6.32. The largest absolute Gasteiger partial charge is 0.370 e. The van der Waals surface area contributed by atoms with Gasteiger partial charge in [0, 0.05) is 23.0 Å². The van der Waals surface area contributed by atoms with Crippen molar-refractivity contribution < 1.29 is 4.39 Å². The van der Waals surface area contributed by atoms with Gasteiger partial charge in [0.25, 0.3) is 0 Å². The van der Waals surface area contributed by atoms with Crippen molar-refractivity contribution in [2.75, 3.05) is 11.9 Å². The fourth-order valence-corrected chi connectivity index (χ4v) is 3.76. The molecule has 0 spiro atoms. The molecule has 0 bridgehead atoms. The summed E-state index contributed by atoms with van der Waals surface area (Å²) in [5.41, 5.74) is 4.44. The summed E-state index contributed by atoms with van der Waals surface area (Å²) in [4.78, 5) is 0. The van der Waals surface area contributed by atoms with Crippen LogP contribution in [0.25, 0.3) is 5.69 Å². The highest BCUT2D eigenvalue weighted by atomic mass is 79.9. The van der Waals surface area contributed by atoms with E-state index in [1.807, 2.05) is 35.0 Å². The van der Waals surface area contributed by atoms with Crippen LogP contribution in [0.15, 0.2) is 53.0 Å². The Morgan fingerprint density at radius 1 is 1.08 bits per heavy atom. The SMILES string of the molecule is Fc1ccc(Cc2nn(-c3ccccc3Br)c3c2CCCCN3)cc1. The van der Waals surface area contributed by atoms with Gasteiger partial charge in [0.15, 0.2) is 0 Å². The average Bonchev–Trinajstić information content (AvgIpc) is 2.80. The minimum Gasteiger partial charge on any atom is -0.370 e. The molecule has 0 unspecified atom stereocenters. The van der Waals surface area contributed by atoms with E-state index in [-0.39, 0.29) is 5.82 Å². The van der Waals surface area contributed by atoms with Gasteiger partial charge in [-0.25, -0.2) is 9.07 Å². The number of benzene rings is 2. The number of aromatic nitrogens is 2. The van der Waals surface area contributed by atoms with Crippen LogP contribution in [-0.4, -0.2) is 16.3 Å². The number of nitrogens with zero attached hydrogens (tertiary/aromatic N) is 2. The Morgan fingerprint density at radius 2 is 1.88 bits per heavy atom. The summed E-state index contributed by atoms with van der Waals surface area (Å²) in [6, 6.07) is 14.8. The Balaban J connectivity index is 1.79. The molecule has 0 saturated heterocycles. The van der Waals surface area contributed by atoms with Gasteiger partial charge in [0.1, 0.15) is 11.6 Å². The lowest BCUT2D eigenvalue weighted by molar-refractivity contribution is 0.627. The summed E-state index contributed by atoms with van der Waals surface area (Å²) in [7, 11) is 0. The normalized spacial score (nSPS) is 13.8. The van der Waals surface area contributed by atoms with Crippen LogP contribution in [0.4, 0.5) is 10.2 Å². The van der Waals surface area contributed by atoms with Crippen LogP contribution < -0.4 is 5.32 Å². The first-order valence-corrected chi connectivity index (χ1v) is 9.35. The first-order valence-electron chi connectivity index (χ1n) is 8.56. The van der Waals surface area contributed by atoms with Crippen LogP contribution in [0.2, 0.25) is 0 Å². The van der Waals surface area contributed by atoms with Crippen molar-refractivity contribution in [1.29, 1.82) is 0 Å². The number of para-hydroxylation sites is 1. The summed E-state index contributed by atoms with van der Waals surface area (Å²) in [6.07, 6.45) is 4.03. The van der Waals surface area contributed by atoms with Gasteiger partial charge in [0.05, 0.1) is 11.4 Å². The molecule has 3 aromatic rings. The molecule has 4 rings (SSSR count). The first kappa shape index (κ1) is 16.3. The minimum absolute atomic E-state index is 0.206. The van der Waals surface area contributed by atoms with Gasteiger partial charge < -0.3 is 5.32 Å². The van der Waals surface area contributed by atoms with Gasteiger partial charge in [0.2, 0.25) is 0 Å². The number of halogens is 2. The maximum absolute atomic E-state index is 13.2. The van der Waals surface area contributed by atoms with Gasteiger partial charge >= 0.3 is 0 Å². The van der Waals surface area contributed by atoms with Gasteiger partial charge in [-0.3, -0.25) is 0 Å². The summed E-state index contributed by atoms with van der Waals surface area (Å²) < 4.78 is 16.2. The number of anilines is 1. The second kappa shape index (κ2) is 7.00. The number of fused-ring (bicyclic) bond motifs is 1. The molecule has 0 amide bonds. The molecule has 0 atom stereocenters. The zero-order valence-electron chi connectivity index (χ0n) is 13.8. The third-order valence-electron chi connectivity index (χ3n) is 4.58. The highest BCUT2D eigenvalue weighted by Gasteiger charge is 2.21. The molecule has 1 aliphatic heterocycles. The molecule has 2 aromatic carbocycles. The van der Waals surface area contributed by atoms with Crippen LogP contribution in [0, 0.1) is 5.82 Å². The van der Waals surface area contributed by atoms with E-state index in [9.17, 15) is 4.39 Å². The summed E-state index contributed by atoms with van der Waals surface area (Å²) in [6.45, 7) is 0.957. The third-order valence-corrected chi connectivity index (χ3v) is 5.25.